The first-order valence-electron chi connectivity index (χ1n) is 11.4. The molecule has 0 radical (unpaired) electrons. The van der Waals surface area contributed by atoms with E-state index in [1.165, 1.54) is 0 Å². The Kier molecular flexibility index (Phi) is 6.74. The van der Waals surface area contributed by atoms with E-state index >= 15 is 0 Å². The van der Waals surface area contributed by atoms with Gasteiger partial charge in [0.2, 0.25) is 0 Å². The highest BCUT2D eigenvalue weighted by atomic mass is 16.5. The molecule has 2 heterocycles. The minimum absolute atomic E-state index is 0.0197. The average molecular weight is 467 g/mol. The van der Waals surface area contributed by atoms with E-state index in [4.69, 9.17) is 9.47 Å². The van der Waals surface area contributed by atoms with Crippen LogP contribution in [0.3, 0.4) is 0 Å². The smallest absolute Gasteiger partial charge is 0.344 e. The lowest BCUT2D eigenvalue weighted by atomic mass is 9.87. The molecule has 0 unspecified atom stereocenters. The van der Waals surface area contributed by atoms with Crippen molar-refractivity contribution in [3.63, 3.8) is 0 Å². The molecule has 0 spiro atoms. The maximum Gasteiger partial charge on any atom is 0.344 e. The first kappa shape index (κ1) is 23.6. The number of likely N-dealkylation sites (tertiary alicyclic amines) is 1. The van der Waals surface area contributed by atoms with Gasteiger partial charge in [0.15, 0.2) is 0 Å². The Morgan fingerprint density at radius 3 is 2.59 bits per heavy atom. The topological polar surface area (TPSA) is 100 Å². The number of carbonyl (C=O) groups excluding carboxylic acids is 3. The predicted octanol–water partition coefficient (Wildman–Crippen LogP) is 2.73. The fraction of sp³-hybridized carbons (Fsp3) is 0.400. The van der Waals surface area contributed by atoms with Crippen LogP contribution in [0.5, 0.6) is 11.5 Å². The molecule has 0 bridgehead atoms. The number of amides is 4. The number of hydrogen-bond acceptors (Lipinski definition) is 6. The van der Waals surface area contributed by atoms with Gasteiger partial charge in [-0.15, -0.1) is 0 Å². The Bertz CT molecular complexity index is 1080. The standard InChI is InChI=1S/C25H30N4O5/c1-4-25(17-9-6-5-7-10-17)23(31)29(24(32)26-25)27-22(30)16-28-14-8-11-20(28)19-13-12-18(33-2)15-21(19)34-3/h5-7,9-10,12-13,15,20H,4,8,11,14,16H2,1-3H3,(H,26,32)(H,27,30)/t20-,25+/m0/s1. The molecular weight excluding hydrogens is 436 g/mol. The lowest BCUT2D eigenvalue weighted by Gasteiger charge is -2.27. The zero-order chi connectivity index (χ0) is 24.3. The molecule has 2 atom stereocenters. The van der Waals surface area contributed by atoms with Crippen molar-refractivity contribution in [3.8, 4) is 11.5 Å². The van der Waals surface area contributed by atoms with E-state index in [1.54, 1.807) is 26.4 Å². The molecule has 2 N–H and O–H groups in total. The van der Waals surface area contributed by atoms with E-state index in [1.807, 2.05) is 48.2 Å². The monoisotopic (exact) mass is 466 g/mol. The van der Waals surface area contributed by atoms with Crippen molar-refractivity contribution in [1.82, 2.24) is 20.7 Å². The van der Waals surface area contributed by atoms with Crippen molar-refractivity contribution in [2.45, 2.75) is 37.8 Å². The van der Waals surface area contributed by atoms with Crippen LogP contribution in [0, 0.1) is 0 Å². The highest BCUT2D eigenvalue weighted by Gasteiger charge is 2.52. The third-order valence-electron chi connectivity index (χ3n) is 6.64. The van der Waals surface area contributed by atoms with Crippen LogP contribution in [0.4, 0.5) is 4.79 Å². The molecule has 2 saturated heterocycles. The second-order valence-corrected chi connectivity index (χ2v) is 8.47. The number of methoxy groups -OCH3 is 2. The summed E-state index contributed by atoms with van der Waals surface area (Å²) in [6.45, 7) is 2.59. The molecular formula is C25H30N4O5. The number of benzene rings is 2. The minimum Gasteiger partial charge on any atom is -0.497 e. The van der Waals surface area contributed by atoms with Crippen molar-refractivity contribution >= 4 is 17.8 Å². The molecule has 0 aromatic heterocycles. The van der Waals surface area contributed by atoms with Gasteiger partial charge in [-0.05, 0) is 37.4 Å². The van der Waals surface area contributed by atoms with Gasteiger partial charge in [0.1, 0.15) is 17.0 Å². The van der Waals surface area contributed by atoms with Gasteiger partial charge in [-0.2, -0.15) is 5.01 Å². The van der Waals surface area contributed by atoms with Crippen molar-refractivity contribution in [3.05, 3.63) is 59.7 Å². The van der Waals surface area contributed by atoms with Gasteiger partial charge in [0, 0.05) is 17.7 Å². The second kappa shape index (κ2) is 9.72. The fourth-order valence-electron chi connectivity index (χ4n) is 4.84. The predicted molar refractivity (Wildman–Crippen MR) is 125 cm³/mol. The summed E-state index contributed by atoms with van der Waals surface area (Å²) < 4.78 is 10.8. The second-order valence-electron chi connectivity index (χ2n) is 8.47. The third-order valence-corrected chi connectivity index (χ3v) is 6.64. The number of nitrogens with one attached hydrogen (secondary N) is 2. The molecule has 180 valence electrons. The summed E-state index contributed by atoms with van der Waals surface area (Å²) >= 11 is 0. The molecule has 0 aliphatic carbocycles. The molecule has 9 heteroatoms. The van der Waals surface area contributed by atoms with E-state index in [2.05, 4.69) is 10.7 Å². The molecule has 0 saturated carbocycles. The number of nitrogens with zero attached hydrogens (tertiary/aromatic N) is 2. The van der Waals surface area contributed by atoms with Crippen LogP contribution in [-0.2, 0) is 15.1 Å². The first-order chi connectivity index (χ1) is 16.4. The Hall–Kier alpha value is -3.59. The molecule has 4 amide bonds. The first-order valence-corrected chi connectivity index (χ1v) is 11.4. The molecule has 4 rings (SSSR count). The van der Waals surface area contributed by atoms with E-state index < -0.39 is 23.4 Å². The summed E-state index contributed by atoms with van der Waals surface area (Å²) in [6.07, 6.45) is 2.15. The van der Waals surface area contributed by atoms with Crippen molar-refractivity contribution in [1.29, 1.82) is 0 Å². The summed E-state index contributed by atoms with van der Waals surface area (Å²) in [4.78, 5) is 40.9. The van der Waals surface area contributed by atoms with E-state index in [0.29, 0.717) is 23.5 Å². The highest BCUT2D eigenvalue weighted by molar-refractivity contribution is 6.08. The van der Waals surface area contributed by atoms with Crippen molar-refractivity contribution in [2.24, 2.45) is 0 Å². The Morgan fingerprint density at radius 1 is 1.15 bits per heavy atom. The Balaban J connectivity index is 1.47. The normalized spacial score (nSPS) is 22.6. The van der Waals surface area contributed by atoms with Gasteiger partial charge in [0.25, 0.3) is 11.8 Å². The number of hydrogen-bond donors (Lipinski definition) is 2. The Morgan fingerprint density at radius 2 is 1.91 bits per heavy atom. The number of imide groups is 1. The molecule has 2 aromatic rings. The van der Waals surface area contributed by atoms with Crippen molar-refractivity contribution < 1.29 is 23.9 Å². The lowest BCUT2D eigenvalue weighted by Crippen LogP contribution is -2.51. The van der Waals surface area contributed by atoms with Gasteiger partial charge in [-0.25, -0.2) is 4.79 Å². The lowest BCUT2D eigenvalue weighted by molar-refractivity contribution is -0.140. The Labute approximate surface area is 199 Å². The van der Waals surface area contributed by atoms with Crippen LogP contribution in [0.15, 0.2) is 48.5 Å². The molecule has 9 nitrogen and oxygen atoms in total. The third kappa shape index (κ3) is 4.19. The number of rotatable bonds is 8. The summed E-state index contributed by atoms with van der Waals surface area (Å²) in [5.41, 5.74) is 2.98. The van der Waals surface area contributed by atoms with Crippen LogP contribution < -0.4 is 20.2 Å². The summed E-state index contributed by atoms with van der Waals surface area (Å²) in [6, 6.07) is 14.1. The number of urea groups is 1. The highest BCUT2D eigenvalue weighted by Crippen LogP contribution is 2.38. The van der Waals surface area contributed by atoms with Gasteiger partial charge >= 0.3 is 6.03 Å². The average Bonchev–Trinajstić information content (AvgIpc) is 3.42. The largest absolute Gasteiger partial charge is 0.497 e. The number of ether oxygens (including phenoxy) is 2. The molecule has 2 aliphatic heterocycles. The van der Waals surface area contributed by atoms with Crippen LogP contribution in [0.1, 0.15) is 43.4 Å². The van der Waals surface area contributed by atoms with Crippen molar-refractivity contribution in [2.75, 3.05) is 27.3 Å². The van der Waals surface area contributed by atoms with E-state index in [9.17, 15) is 14.4 Å². The van der Waals surface area contributed by atoms with E-state index in [-0.39, 0.29) is 12.6 Å². The fourth-order valence-corrected chi connectivity index (χ4v) is 4.84. The van der Waals surface area contributed by atoms with Gasteiger partial charge in [-0.1, -0.05) is 43.3 Å². The van der Waals surface area contributed by atoms with Gasteiger partial charge < -0.3 is 14.8 Å². The SMILES string of the molecule is CC[C@]1(c2ccccc2)NC(=O)N(NC(=O)CN2CCC[C@H]2c2ccc(OC)cc2OC)C1=O. The summed E-state index contributed by atoms with van der Waals surface area (Å²) in [7, 11) is 3.20. The maximum absolute atomic E-state index is 13.3. The maximum atomic E-state index is 13.3. The number of carbonyl (C=O) groups is 3. The molecule has 2 aliphatic rings. The summed E-state index contributed by atoms with van der Waals surface area (Å²) in [5.74, 6) is 0.470. The quantitative estimate of drug-likeness (QED) is 0.581. The van der Waals surface area contributed by atoms with Crippen LogP contribution >= 0.6 is 0 Å². The van der Waals surface area contributed by atoms with Gasteiger partial charge in [0.05, 0.1) is 20.8 Å². The van der Waals surface area contributed by atoms with E-state index in [0.717, 1.165) is 30.0 Å². The summed E-state index contributed by atoms with van der Waals surface area (Å²) in [5, 5.41) is 3.58. The minimum atomic E-state index is -1.20. The number of hydrazine groups is 1. The van der Waals surface area contributed by atoms with Crippen LogP contribution in [0.2, 0.25) is 0 Å². The molecule has 2 aromatic carbocycles. The zero-order valence-corrected chi connectivity index (χ0v) is 19.7. The van der Waals surface area contributed by atoms with Crippen LogP contribution in [-0.4, -0.2) is 55.1 Å². The van der Waals surface area contributed by atoms with Crippen LogP contribution in [0.25, 0.3) is 0 Å². The van der Waals surface area contributed by atoms with Gasteiger partial charge in [-0.3, -0.25) is 19.9 Å². The molecule has 2 fully saturated rings. The zero-order valence-electron chi connectivity index (χ0n) is 19.7. The molecule has 34 heavy (non-hydrogen) atoms.